The lowest BCUT2D eigenvalue weighted by atomic mass is 10.1. The summed E-state index contributed by atoms with van der Waals surface area (Å²) in [6.07, 6.45) is 1.03. The molecule has 2 aromatic rings. The standard InChI is InChI=1S/C15H17FN2O/c1-11(19)14-9-12(16)6-7-15(14)18(2)10-13-5-3-4-8-17-13/h3-9,11,19H,10H2,1-2H3/t11-/m0/s1. The summed E-state index contributed by atoms with van der Waals surface area (Å²) in [4.78, 5) is 6.21. The molecular formula is C15H17FN2O. The number of benzene rings is 1. The Morgan fingerprint density at radius 3 is 2.74 bits per heavy atom. The maximum Gasteiger partial charge on any atom is 0.123 e. The molecule has 0 unspecified atom stereocenters. The van der Waals surface area contributed by atoms with Gasteiger partial charge < -0.3 is 10.0 Å². The van der Waals surface area contributed by atoms with E-state index in [1.807, 2.05) is 30.1 Å². The summed E-state index contributed by atoms with van der Waals surface area (Å²) in [6.45, 7) is 2.24. The second-order valence-corrected chi connectivity index (χ2v) is 4.56. The van der Waals surface area contributed by atoms with E-state index in [0.717, 1.165) is 11.4 Å². The van der Waals surface area contributed by atoms with Gasteiger partial charge in [0.15, 0.2) is 0 Å². The van der Waals surface area contributed by atoms with Gasteiger partial charge >= 0.3 is 0 Å². The number of anilines is 1. The van der Waals surface area contributed by atoms with Crippen molar-refractivity contribution in [3.63, 3.8) is 0 Å². The first kappa shape index (κ1) is 13.5. The van der Waals surface area contributed by atoms with Crippen molar-refractivity contribution in [1.82, 2.24) is 4.98 Å². The molecule has 100 valence electrons. The van der Waals surface area contributed by atoms with Gasteiger partial charge in [0.25, 0.3) is 0 Å². The van der Waals surface area contributed by atoms with E-state index in [1.165, 1.54) is 12.1 Å². The van der Waals surface area contributed by atoms with Gasteiger partial charge in [-0.05, 0) is 37.3 Å². The predicted octanol–water partition coefficient (Wildman–Crippen LogP) is 2.91. The monoisotopic (exact) mass is 260 g/mol. The van der Waals surface area contributed by atoms with Crippen LogP contribution in [0.2, 0.25) is 0 Å². The fourth-order valence-electron chi connectivity index (χ4n) is 2.03. The molecular weight excluding hydrogens is 243 g/mol. The zero-order valence-corrected chi connectivity index (χ0v) is 11.0. The number of halogens is 1. The average Bonchev–Trinajstić information content (AvgIpc) is 2.39. The molecule has 0 saturated heterocycles. The van der Waals surface area contributed by atoms with Gasteiger partial charge in [0.2, 0.25) is 0 Å². The van der Waals surface area contributed by atoms with E-state index in [1.54, 1.807) is 19.2 Å². The van der Waals surface area contributed by atoms with Crippen molar-refractivity contribution in [2.24, 2.45) is 0 Å². The second kappa shape index (κ2) is 5.80. The Morgan fingerprint density at radius 1 is 1.32 bits per heavy atom. The molecule has 1 atom stereocenters. The van der Waals surface area contributed by atoms with E-state index >= 15 is 0 Å². The van der Waals surface area contributed by atoms with Gasteiger partial charge in [-0.2, -0.15) is 0 Å². The van der Waals surface area contributed by atoms with Gasteiger partial charge in [0, 0.05) is 24.5 Å². The molecule has 0 fully saturated rings. The van der Waals surface area contributed by atoms with Crippen LogP contribution in [0.25, 0.3) is 0 Å². The Bertz CT molecular complexity index is 543. The van der Waals surface area contributed by atoms with E-state index in [0.29, 0.717) is 12.1 Å². The maximum absolute atomic E-state index is 13.3. The fraction of sp³-hybridized carbons (Fsp3) is 0.267. The van der Waals surface area contributed by atoms with Gasteiger partial charge in [-0.1, -0.05) is 6.07 Å². The van der Waals surface area contributed by atoms with E-state index in [2.05, 4.69) is 4.98 Å². The van der Waals surface area contributed by atoms with Crippen LogP contribution >= 0.6 is 0 Å². The Morgan fingerprint density at radius 2 is 2.11 bits per heavy atom. The van der Waals surface area contributed by atoms with Crippen LogP contribution in [0.15, 0.2) is 42.6 Å². The van der Waals surface area contributed by atoms with Gasteiger partial charge in [-0.3, -0.25) is 4.98 Å². The average molecular weight is 260 g/mol. The molecule has 4 heteroatoms. The first-order valence-electron chi connectivity index (χ1n) is 6.16. The smallest absolute Gasteiger partial charge is 0.123 e. The molecule has 1 N–H and O–H groups in total. The highest BCUT2D eigenvalue weighted by Gasteiger charge is 2.13. The van der Waals surface area contributed by atoms with Crippen LogP contribution in [0.3, 0.4) is 0 Å². The van der Waals surface area contributed by atoms with Crippen molar-refractivity contribution < 1.29 is 9.50 Å². The van der Waals surface area contributed by atoms with E-state index in [9.17, 15) is 9.50 Å². The highest BCUT2D eigenvalue weighted by molar-refractivity contribution is 5.54. The van der Waals surface area contributed by atoms with E-state index < -0.39 is 6.10 Å². The Balaban J connectivity index is 2.26. The summed E-state index contributed by atoms with van der Waals surface area (Å²) in [5, 5.41) is 9.74. The summed E-state index contributed by atoms with van der Waals surface area (Å²) in [5.41, 5.74) is 2.31. The first-order valence-corrected chi connectivity index (χ1v) is 6.16. The molecule has 1 aromatic heterocycles. The molecule has 0 aliphatic rings. The highest BCUT2D eigenvalue weighted by atomic mass is 19.1. The minimum Gasteiger partial charge on any atom is -0.389 e. The third-order valence-electron chi connectivity index (χ3n) is 2.98. The summed E-state index contributed by atoms with van der Waals surface area (Å²) < 4.78 is 13.3. The number of aromatic nitrogens is 1. The SMILES string of the molecule is C[C@H](O)c1cc(F)ccc1N(C)Cc1ccccn1. The van der Waals surface area contributed by atoms with Gasteiger partial charge in [0.1, 0.15) is 5.82 Å². The van der Waals surface area contributed by atoms with Crippen LogP contribution < -0.4 is 4.90 Å². The van der Waals surface area contributed by atoms with Crippen LogP contribution in [0.1, 0.15) is 24.3 Å². The van der Waals surface area contributed by atoms with Gasteiger partial charge in [0.05, 0.1) is 18.3 Å². The number of aliphatic hydroxyl groups is 1. The van der Waals surface area contributed by atoms with E-state index in [-0.39, 0.29) is 5.82 Å². The van der Waals surface area contributed by atoms with Crippen molar-refractivity contribution >= 4 is 5.69 Å². The third-order valence-corrected chi connectivity index (χ3v) is 2.98. The molecule has 0 radical (unpaired) electrons. The number of hydrogen-bond donors (Lipinski definition) is 1. The fourth-order valence-corrected chi connectivity index (χ4v) is 2.03. The second-order valence-electron chi connectivity index (χ2n) is 4.56. The number of hydrogen-bond acceptors (Lipinski definition) is 3. The molecule has 0 aliphatic carbocycles. The Kier molecular flexibility index (Phi) is 4.12. The molecule has 0 bridgehead atoms. The molecule has 0 amide bonds. The molecule has 3 nitrogen and oxygen atoms in total. The molecule has 0 saturated carbocycles. The van der Waals surface area contributed by atoms with Crippen LogP contribution in [0.4, 0.5) is 10.1 Å². The zero-order valence-electron chi connectivity index (χ0n) is 11.0. The Hall–Kier alpha value is -1.94. The van der Waals surface area contributed by atoms with Crippen molar-refractivity contribution in [3.05, 3.63) is 59.7 Å². The lowest BCUT2D eigenvalue weighted by Gasteiger charge is -2.23. The minimum absolute atomic E-state index is 0.342. The molecule has 0 spiro atoms. The lowest BCUT2D eigenvalue weighted by Crippen LogP contribution is -2.19. The van der Waals surface area contributed by atoms with Crippen molar-refractivity contribution in [2.45, 2.75) is 19.6 Å². The topological polar surface area (TPSA) is 36.4 Å². The summed E-state index contributed by atoms with van der Waals surface area (Å²) in [7, 11) is 1.90. The van der Waals surface area contributed by atoms with Crippen LogP contribution in [0.5, 0.6) is 0 Å². The van der Waals surface area contributed by atoms with Crippen LogP contribution in [0, 0.1) is 5.82 Å². The molecule has 1 aromatic carbocycles. The summed E-state index contributed by atoms with van der Waals surface area (Å²) in [5.74, 6) is -0.342. The lowest BCUT2D eigenvalue weighted by molar-refractivity contribution is 0.199. The predicted molar refractivity (Wildman–Crippen MR) is 73.4 cm³/mol. The summed E-state index contributed by atoms with van der Waals surface area (Å²) >= 11 is 0. The van der Waals surface area contributed by atoms with Crippen molar-refractivity contribution in [3.8, 4) is 0 Å². The molecule has 19 heavy (non-hydrogen) atoms. The van der Waals surface area contributed by atoms with Crippen molar-refractivity contribution in [1.29, 1.82) is 0 Å². The zero-order chi connectivity index (χ0) is 13.8. The molecule has 0 aliphatic heterocycles. The normalized spacial score (nSPS) is 12.2. The third kappa shape index (κ3) is 3.29. The minimum atomic E-state index is -0.711. The maximum atomic E-state index is 13.3. The molecule has 1 heterocycles. The first-order chi connectivity index (χ1) is 9.08. The Labute approximate surface area is 112 Å². The van der Waals surface area contributed by atoms with Crippen LogP contribution in [-0.2, 0) is 6.54 Å². The van der Waals surface area contributed by atoms with Crippen molar-refractivity contribution in [2.75, 3.05) is 11.9 Å². The van der Waals surface area contributed by atoms with Gasteiger partial charge in [-0.15, -0.1) is 0 Å². The van der Waals surface area contributed by atoms with Crippen LogP contribution in [-0.4, -0.2) is 17.1 Å². The largest absolute Gasteiger partial charge is 0.389 e. The quantitative estimate of drug-likeness (QED) is 0.918. The molecule has 2 rings (SSSR count). The number of pyridine rings is 1. The highest BCUT2D eigenvalue weighted by Crippen LogP contribution is 2.27. The number of nitrogens with zero attached hydrogens (tertiary/aromatic N) is 2. The summed E-state index contributed by atoms with van der Waals surface area (Å²) in [6, 6.07) is 10.2. The van der Waals surface area contributed by atoms with E-state index in [4.69, 9.17) is 0 Å². The van der Waals surface area contributed by atoms with Gasteiger partial charge in [-0.25, -0.2) is 4.39 Å². The number of rotatable bonds is 4. The number of aliphatic hydroxyl groups excluding tert-OH is 1.